The second-order valence-corrected chi connectivity index (χ2v) is 5.93. The Morgan fingerprint density at radius 1 is 1.30 bits per heavy atom. The van der Waals surface area contributed by atoms with Crippen LogP contribution in [0.4, 0.5) is 5.69 Å². The number of piperidine rings is 1. The van der Waals surface area contributed by atoms with Gasteiger partial charge in [-0.3, -0.25) is 0 Å². The van der Waals surface area contributed by atoms with E-state index < -0.39 is 0 Å². The van der Waals surface area contributed by atoms with Gasteiger partial charge in [-0.15, -0.1) is 0 Å². The van der Waals surface area contributed by atoms with Crippen LogP contribution in [-0.2, 0) is 6.42 Å². The van der Waals surface area contributed by atoms with Crippen LogP contribution >= 0.6 is 0 Å². The van der Waals surface area contributed by atoms with Crippen LogP contribution in [0.1, 0.15) is 30.9 Å². The number of likely N-dealkylation sites (tertiary alicyclic amines) is 1. The van der Waals surface area contributed by atoms with Crippen molar-refractivity contribution in [3.63, 3.8) is 0 Å². The molecular formula is C17H29N3. The van der Waals surface area contributed by atoms with E-state index in [0.717, 1.165) is 13.0 Å². The number of hydrogen-bond acceptors (Lipinski definition) is 3. The molecule has 1 aromatic rings. The van der Waals surface area contributed by atoms with Crippen LogP contribution in [-0.4, -0.2) is 44.2 Å². The van der Waals surface area contributed by atoms with Crippen LogP contribution in [0.2, 0.25) is 0 Å². The van der Waals surface area contributed by atoms with Crippen molar-refractivity contribution in [1.82, 2.24) is 4.90 Å². The lowest BCUT2D eigenvalue weighted by Crippen LogP contribution is -2.43. The first kappa shape index (κ1) is 15.3. The van der Waals surface area contributed by atoms with Crippen molar-refractivity contribution < 1.29 is 0 Å². The van der Waals surface area contributed by atoms with E-state index in [0.29, 0.717) is 6.04 Å². The second kappa shape index (κ2) is 7.09. The van der Waals surface area contributed by atoms with Gasteiger partial charge in [0.2, 0.25) is 0 Å². The molecule has 1 saturated heterocycles. The van der Waals surface area contributed by atoms with Crippen molar-refractivity contribution in [2.45, 2.75) is 39.2 Å². The fraction of sp³-hybridized carbons (Fsp3) is 0.647. The molecular weight excluding hydrogens is 246 g/mol. The van der Waals surface area contributed by atoms with Crippen molar-refractivity contribution in [3.05, 3.63) is 29.3 Å². The normalized spacial score (nSPS) is 17.4. The van der Waals surface area contributed by atoms with Gasteiger partial charge in [0.05, 0.1) is 0 Å². The zero-order valence-electron chi connectivity index (χ0n) is 13.2. The van der Waals surface area contributed by atoms with E-state index in [1.807, 2.05) is 0 Å². The fourth-order valence-corrected chi connectivity index (χ4v) is 3.17. The maximum atomic E-state index is 5.66. The minimum absolute atomic E-state index is 0.678. The lowest BCUT2D eigenvalue weighted by molar-refractivity contribution is 0.221. The summed E-state index contributed by atoms with van der Waals surface area (Å²) >= 11 is 0. The van der Waals surface area contributed by atoms with Crippen molar-refractivity contribution in [3.8, 4) is 0 Å². The summed E-state index contributed by atoms with van der Waals surface area (Å²) in [6, 6.07) is 7.49. The molecule has 0 unspecified atom stereocenters. The first-order valence-electron chi connectivity index (χ1n) is 7.90. The summed E-state index contributed by atoms with van der Waals surface area (Å²) in [6.45, 7) is 8.83. The molecule has 20 heavy (non-hydrogen) atoms. The Morgan fingerprint density at radius 2 is 2.00 bits per heavy atom. The van der Waals surface area contributed by atoms with Gasteiger partial charge in [-0.25, -0.2) is 0 Å². The molecule has 0 radical (unpaired) electrons. The highest BCUT2D eigenvalue weighted by Crippen LogP contribution is 2.24. The monoisotopic (exact) mass is 275 g/mol. The summed E-state index contributed by atoms with van der Waals surface area (Å²) in [5.74, 6) is 0. The van der Waals surface area contributed by atoms with E-state index in [9.17, 15) is 0 Å². The van der Waals surface area contributed by atoms with Gasteiger partial charge in [0.25, 0.3) is 0 Å². The van der Waals surface area contributed by atoms with E-state index >= 15 is 0 Å². The number of anilines is 1. The van der Waals surface area contributed by atoms with E-state index in [1.54, 1.807) is 0 Å². The van der Waals surface area contributed by atoms with Crippen molar-refractivity contribution in [2.75, 3.05) is 38.1 Å². The van der Waals surface area contributed by atoms with Gasteiger partial charge in [-0.05, 0) is 62.5 Å². The predicted molar refractivity (Wildman–Crippen MR) is 87.5 cm³/mol. The Hall–Kier alpha value is -1.06. The minimum atomic E-state index is 0.678. The van der Waals surface area contributed by atoms with Crippen molar-refractivity contribution in [1.29, 1.82) is 0 Å². The number of nitrogens with zero attached hydrogens (tertiary/aromatic N) is 2. The Morgan fingerprint density at radius 3 is 2.55 bits per heavy atom. The van der Waals surface area contributed by atoms with E-state index in [4.69, 9.17) is 5.73 Å². The molecule has 3 nitrogen and oxygen atoms in total. The minimum Gasteiger partial charge on any atom is -0.372 e. The van der Waals surface area contributed by atoms with Crippen LogP contribution in [0.5, 0.6) is 0 Å². The zero-order valence-corrected chi connectivity index (χ0v) is 13.2. The topological polar surface area (TPSA) is 32.5 Å². The molecule has 3 heteroatoms. The molecule has 1 aliphatic rings. The van der Waals surface area contributed by atoms with E-state index in [1.165, 1.54) is 49.3 Å². The van der Waals surface area contributed by atoms with Gasteiger partial charge in [0.1, 0.15) is 0 Å². The molecule has 2 N–H and O–H groups in total. The smallest absolute Gasteiger partial charge is 0.0368 e. The Labute approximate surface area is 123 Å². The summed E-state index contributed by atoms with van der Waals surface area (Å²) in [5, 5.41) is 0. The van der Waals surface area contributed by atoms with Crippen LogP contribution in [0.3, 0.4) is 0 Å². The standard InChI is InChI=1S/C17H29N3/c1-4-20-11-8-16(9-12-20)19(3)17-6-5-15(7-10-18)14(2)13-17/h5-6,13,16H,4,7-12,18H2,1-3H3. The lowest BCUT2D eigenvalue weighted by atomic mass is 10.0. The van der Waals surface area contributed by atoms with E-state index in [2.05, 4.69) is 48.9 Å². The average molecular weight is 275 g/mol. The number of benzene rings is 1. The molecule has 0 saturated carbocycles. The molecule has 1 aromatic carbocycles. The molecule has 0 aliphatic carbocycles. The fourth-order valence-electron chi connectivity index (χ4n) is 3.17. The molecule has 0 atom stereocenters. The maximum absolute atomic E-state index is 5.66. The number of aryl methyl sites for hydroxylation is 1. The molecule has 112 valence electrons. The highest BCUT2D eigenvalue weighted by Gasteiger charge is 2.21. The lowest BCUT2D eigenvalue weighted by Gasteiger charge is -2.37. The molecule has 2 rings (SSSR count). The number of nitrogens with two attached hydrogens (primary N) is 1. The summed E-state index contributed by atoms with van der Waals surface area (Å²) < 4.78 is 0. The van der Waals surface area contributed by atoms with Gasteiger partial charge >= 0.3 is 0 Å². The first-order chi connectivity index (χ1) is 9.65. The molecule has 1 heterocycles. The van der Waals surface area contributed by atoms with E-state index in [-0.39, 0.29) is 0 Å². The van der Waals surface area contributed by atoms with Crippen LogP contribution in [0, 0.1) is 6.92 Å². The summed E-state index contributed by atoms with van der Waals surface area (Å²) in [5.41, 5.74) is 9.75. The summed E-state index contributed by atoms with van der Waals surface area (Å²) in [6.07, 6.45) is 3.52. The van der Waals surface area contributed by atoms with Gasteiger partial charge < -0.3 is 15.5 Å². The third kappa shape index (κ3) is 3.53. The summed E-state index contributed by atoms with van der Waals surface area (Å²) in [7, 11) is 2.24. The van der Waals surface area contributed by atoms with Gasteiger partial charge in [-0.2, -0.15) is 0 Å². The second-order valence-electron chi connectivity index (χ2n) is 5.93. The quantitative estimate of drug-likeness (QED) is 0.896. The van der Waals surface area contributed by atoms with Gasteiger partial charge in [-0.1, -0.05) is 13.0 Å². The molecule has 1 aliphatic heterocycles. The van der Waals surface area contributed by atoms with Gasteiger partial charge in [0.15, 0.2) is 0 Å². The van der Waals surface area contributed by atoms with Crippen molar-refractivity contribution >= 4 is 5.69 Å². The predicted octanol–water partition coefficient (Wildman–Crippen LogP) is 2.42. The molecule has 0 aromatic heterocycles. The molecule has 0 spiro atoms. The Kier molecular flexibility index (Phi) is 5.44. The molecule has 0 amide bonds. The Balaban J connectivity index is 2.02. The third-order valence-electron chi connectivity index (χ3n) is 4.70. The number of hydrogen-bond donors (Lipinski definition) is 1. The SMILES string of the molecule is CCN1CCC(N(C)c2ccc(CCN)c(C)c2)CC1. The molecule has 0 bridgehead atoms. The average Bonchev–Trinajstić information content (AvgIpc) is 2.49. The maximum Gasteiger partial charge on any atom is 0.0368 e. The van der Waals surface area contributed by atoms with Crippen molar-refractivity contribution in [2.24, 2.45) is 5.73 Å². The highest BCUT2D eigenvalue weighted by molar-refractivity contribution is 5.51. The Bertz CT molecular complexity index is 422. The highest BCUT2D eigenvalue weighted by atomic mass is 15.2. The third-order valence-corrected chi connectivity index (χ3v) is 4.70. The number of rotatable bonds is 5. The van der Waals surface area contributed by atoms with Crippen LogP contribution in [0.25, 0.3) is 0 Å². The summed E-state index contributed by atoms with van der Waals surface area (Å²) in [4.78, 5) is 5.01. The van der Waals surface area contributed by atoms with Crippen LogP contribution < -0.4 is 10.6 Å². The van der Waals surface area contributed by atoms with Crippen LogP contribution in [0.15, 0.2) is 18.2 Å². The van der Waals surface area contributed by atoms with Gasteiger partial charge in [0, 0.05) is 31.9 Å². The zero-order chi connectivity index (χ0) is 14.5. The largest absolute Gasteiger partial charge is 0.372 e. The molecule has 1 fully saturated rings. The first-order valence-corrected chi connectivity index (χ1v) is 7.90.